The standard InChI is InChI=1S/C36H42O10/c1-7-34(5)19-23(38)27-35(6)24(18-25(39)36(27,43)32(34)42)33(3,4)28(44-20(2)37)26(45-30(40)21-14-10-8-11-15-21)29(35)46-31(41)22-16-12-9-13-17-22/h7-17,23-29,38-39,43H,1,18-19H2,2-6H3/t23-,24+,25-,26+,27-,28-,29+,34+,35+,36+/m1/s1. The highest BCUT2D eigenvalue weighted by molar-refractivity contribution is 5.96. The summed E-state index contributed by atoms with van der Waals surface area (Å²) in [5.74, 6) is -5.11. The maximum absolute atomic E-state index is 14.1. The summed E-state index contributed by atoms with van der Waals surface area (Å²) in [4.78, 5) is 54.1. The lowest BCUT2D eigenvalue weighted by Gasteiger charge is -2.68. The summed E-state index contributed by atoms with van der Waals surface area (Å²) in [6, 6.07) is 16.2. The molecule has 3 aliphatic rings. The molecule has 3 saturated carbocycles. The first-order valence-electron chi connectivity index (χ1n) is 15.5. The predicted octanol–water partition coefficient (Wildman–Crippen LogP) is 3.67. The number of fused-ring (bicyclic) bond motifs is 3. The van der Waals surface area contributed by atoms with Crippen LogP contribution in [-0.2, 0) is 23.8 Å². The van der Waals surface area contributed by atoms with Crippen LogP contribution in [0.15, 0.2) is 73.3 Å². The number of Topliss-reactive ketones (excluding diaryl/α,β-unsaturated/α-hetero) is 1. The Bertz CT molecular complexity index is 1520. The normalized spacial score (nSPS) is 38.0. The molecule has 0 radical (unpaired) electrons. The molecule has 10 nitrogen and oxygen atoms in total. The monoisotopic (exact) mass is 634 g/mol. The fourth-order valence-corrected chi connectivity index (χ4v) is 8.69. The third-order valence-electron chi connectivity index (χ3n) is 10.8. The van der Waals surface area contributed by atoms with Crippen LogP contribution in [0.5, 0.6) is 0 Å². The van der Waals surface area contributed by atoms with Gasteiger partial charge in [-0.25, -0.2) is 9.59 Å². The van der Waals surface area contributed by atoms with Gasteiger partial charge in [0.05, 0.1) is 23.3 Å². The van der Waals surface area contributed by atoms with E-state index in [1.165, 1.54) is 13.0 Å². The van der Waals surface area contributed by atoms with E-state index in [9.17, 15) is 34.5 Å². The third-order valence-corrected chi connectivity index (χ3v) is 10.8. The molecule has 3 aliphatic carbocycles. The first-order valence-corrected chi connectivity index (χ1v) is 15.5. The zero-order chi connectivity index (χ0) is 33.8. The summed E-state index contributed by atoms with van der Waals surface area (Å²) in [7, 11) is 0. The summed E-state index contributed by atoms with van der Waals surface area (Å²) in [6.45, 7) is 11.7. The Balaban J connectivity index is 1.74. The van der Waals surface area contributed by atoms with Crippen molar-refractivity contribution in [2.24, 2.45) is 28.1 Å². The van der Waals surface area contributed by atoms with Crippen molar-refractivity contribution in [3.8, 4) is 0 Å². The van der Waals surface area contributed by atoms with Gasteiger partial charge in [0.15, 0.2) is 17.5 Å². The van der Waals surface area contributed by atoms with Gasteiger partial charge in [0.2, 0.25) is 0 Å². The SMILES string of the molecule is C=C[C@@]1(C)C[C@@H](O)[C@H]2[C@](O)(C1=O)[C@H](O)C[C@H]1C(C)(C)[C@H](OC(C)=O)[C@H](OC(=O)c3ccccc3)[C@H](OC(=O)c3ccccc3)[C@@]12C. The Morgan fingerprint density at radius 3 is 1.87 bits per heavy atom. The van der Waals surface area contributed by atoms with Crippen molar-refractivity contribution < 1.29 is 48.7 Å². The summed E-state index contributed by atoms with van der Waals surface area (Å²) in [6.07, 6.45) is -6.09. The number of allylic oxidation sites excluding steroid dienone is 1. The van der Waals surface area contributed by atoms with Crippen LogP contribution in [0.3, 0.4) is 0 Å². The van der Waals surface area contributed by atoms with E-state index in [2.05, 4.69) is 6.58 Å². The molecule has 0 aromatic heterocycles. The summed E-state index contributed by atoms with van der Waals surface area (Å²) >= 11 is 0. The highest BCUT2D eigenvalue weighted by atomic mass is 16.6. The lowest BCUT2D eigenvalue weighted by Crippen LogP contribution is -2.80. The van der Waals surface area contributed by atoms with E-state index in [0.29, 0.717) is 0 Å². The predicted molar refractivity (Wildman–Crippen MR) is 165 cm³/mol. The molecule has 2 aromatic carbocycles. The molecule has 0 aliphatic heterocycles. The molecule has 5 rings (SSSR count). The van der Waals surface area contributed by atoms with E-state index in [1.54, 1.807) is 88.4 Å². The van der Waals surface area contributed by atoms with Crippen molar-refractivity contribution >= 4 is 23.7 Å². The average molecular weight is 635 g/mol. The van der Waals surface area contributed by atoms with Crippen LogP contribution in [-0.4, -0.2) is 75.1 Å². The number of aliphatic hydroxyl groups excluding tert-OH is 2. The van der Waals surface area contributed by atoms with Crippen LogP contribution in [0.4, 0.5) is 0 Å². The molecule has 2 aromatic rings. The van der Waals surface area contributed by atoms with E-state index in [0.717, 1.165) is 0 Å². The number of carbonyl (C=O) groups excluding carboxylic acids is 4. The maximum atomic E-state index is 14.1. The minimum Gasteiger partial charge on any atom is -0.458 e. The molecule has 0 unspecified atom stereocenters. The topological polar surface area (TPSA) is 157 Å². The van der Waals surface area contributed by atoms with Gasteiger partial charge in [0.1, 0.15) is 12.2 Å². The van der Waals surface area contributed by atoms with Crippen molar-refractivity contribution in [1.29, 1.82) is 0 Å². The van der Waals surface area contributed by atoms with Crippen LogP contribution in [0.2, 0.25) is 0 Å². The van der Waals surface area contributed by atoms with Crippen LogP contribution in [0, 0.1) is 28.1 Å². The smallest absolute Gasteiger partial charge is 0.338 e. The second-order valence-corrected chi connectivity index (χ2v) is 14.0. The van der Waals surface area contributed by atoms with Crippen molar-refractivity contribution in [2.75, 3.05) is 0 Å². The number of hydrogen-bond donors (Lipinski definition) is 3. The van der Waals surface area contributed by atoms with Crippen molar-refractivity contribution in [2.45, 2.75) is 83.6 Å². The van der Waals surface area contributed by atoms with Gasteiger partial charge in [0.25, 0.3) is 0 Å². The van der Waals surface area contributed by atoms with E-state index < -0.39 is 87.9 Å². The molecule has 10 heteroatoms. The zero-order valence-electron chi connectivity index (χ0n) is 26.7. The molecular formula is C36H42O10. The second-order valence-electron chi connectivity index (χ2n) is 14.0. The molecule has 10 atom stereocenters. The minimum absolute atomic E-state index is 0.126. The molecule has 246 valence electrons. The van der Waals surface area contributed by atoms with E-state index >= 15 is 0 Å². The quantitative estimate of drug-likeness (QED) is 0.243. The number of esters is 3. The fourth-order valence-electron chi connectivity index (χ4n) is 8.69. The largest absolute Gasteiger partial charge is 0.458 e. The maximum Gasteiger partial charge on any atom is 0.338 e. The highest BCUT2D eigenvalue weighted by Crippen LogP contribution is 2.67. The summed E-state index contributed by atoms with van der Waals surface area (Å²) < 4.78 is 18.3. The van der Waals surface area contributed by atoms with Crippen LogP contribution < -0.4 is 0 Å². The first-order chi connectivity index (χ1) is 21.5. The van der Waals surface area contributed by atoms with Crippen molar-refractivity contribution in [1.82, 2.24) is 0 Å². The zero-order valence-corrected chi connectivity index (χ0v) is 26.7. The summed E-state index contributed by atoms with van der Waals surface area (Å²) in [5.41, 5.74) is -6.11. The molecule has 0 bridgehead atoms. The van der Waals surface area contributed by atoms with Crippen LogP contribution >= 0.6 is 0 Å². The molecular weight excluding hydrogens is 592 g/mol. The van der Waals surface area contributed by atoms with Gasteiger partial charge >= 0.3 is 17.9 Å². The molecule has 0 heterocycles. The number of aliphatic hydroxyl groups is 3. The molecule has 3 fully saturated rings. The Labute approximate surface area is 268 Å². The third kappa shape index (κ3) is 5.07. The highest BCUT2D eigenvalue weighted by Gasteiger charge is 2.77. The van der Waals surface area contributed by atoms with E-state index in [1.807, 2.05) is 0 Å². The average Bonchev–Trinajstić information content (AvgIpc) is 3.02. The molecule has 0 amide bonds. The van der Waals surface area contributed by atoms with Crippen LogP contribution in [0.1, 0.15) is 68.2 Å². The Kier molecular flexibility index (Phi) is 8.55. The molecule has 46 heavy (non-hydrogen) atoms. The van der Waals surface area contributed by atoms with Gasteiger partial charge in [-0.1, -0.05) is 63.2 Å². The number of rotatable bonds is 6. The summed E-state index contributed by atoms with van der Waals surface area (Å²) in [5, 5.41) is 35.8. The van der Waals surface area contributed by atoms with E-state index in [-0.39, 0.29) is 24.0 Å². The molecule has 3 N–H and O–H groups in total. The number of hydrogen-bond acceptors (Lipinski definition) is 10. The Hall–Kier alpha value is -3.86. The van der Waals surface area contributed by atoms with Crippen molar-refractivity contribution in [3.63, 3.8) is 0 Å². The molecule has 0 saturated heterocycles. The number of ketones is 1. The first kappa shape index (κ1) is 33.5. The minimum atomic E-state index is -2.48. The molecule has 0 spiro atoms. The lowest BCUT2D eigenvalue weighted by molar-refractivity contribution is -0.312. The van der Waals surface area contributed by atoms with Gasteiger partial charge in [-0.05, 0) is 49.9 Å². The number of benzene rings is 2. The Morgan fingerprint density at radius 2 is 1.37 bits per heavy atom. The van der Waals surface area contributed by atoms with Crippen LogP contribution in [0.25, 0.3) is 0 Å². The number of ether oxygens (including phenoxy) is 3. The van der Waals surface area contributed by atoms with Gasteiger partial charge in [-0.3, -0.25) is 9.59 Å². The van der Waals surface area contributed by atoms with Crippen molar-refractivity contribution in [3.05, 3.63) is 84.4 Å². The van der Waals surface area contributed by atoms with Gasteiger partial charge < -0.3 is 29.5 Å². The lowest BCUT2D eigenvalue weighted by atomic mass is 9.39. The van der Waals surface area contributed by atoms with Gasteiger partial charge in [0, 0.05) is 29.1 Å². The Morgan fingerprint density at radius 1 is 0.848 bits per heavy atom. The van der Waals surface area contributed by atoms with Gasteiger partial charge in [-0.2, -0.15) is 0 Å². The fraction of sp³-hybridized carbons (Fsp3) is 0.500. The van der Waals surface area contributed by atoms with Gasteiger partial charge in [-0.15, -0.1) is 6.58 Å². The second kappa shape index (κ2) is 11.7. The van der Waals surface area contributed by atoms with E-state index in [4.69, 9.17) is 14.2 Å². The number of carbonyl (C=O) groups is 4.